The van der Waals surface area contributed by atoms with Crippen LogP contribution in [-0.4, -0.2) is 17.0 Å². The van der Waals surface area contributed by atoms with Crippen LogP contribution in [0, 0.1) is 0 Å². The third-order valence-corrected chi connectivity index (χ3v) is 3.19. The van der Waals surface area contributed by atoms with Gasteiger partial charge in [0.05, 0.1) is 5.69 Å². The summed E-state index contributed by atoms with van der Waals surface area (Å²) in [4.78, 5) is 8.94. The van der Waals surface area contributed by atoms with Crippen molar-refractivity contribution < 1.29 is 0 Å². The van der Waals surface area contributed by atoms with Crippen molar-refractivity contribution >= 4 is 21.7 Å². The van der Waals surface area contributed by atoms with Crippen LogP contribution in [0.5, 0.6) is 0 Å². The molecule has 1 N–H and O–H groups in total. The zero-order valence-corrected chi connectivity index (χ0v) is 11.5. The highest BCUT2D eigenvalue weighted by atomic mass is 79.9. The fourth-order valence-electron chi connectivity index (χ4n) is 1.59. The Morgan fingerprint density at radius 2 is 2.00 bits per heavy atom. The summed E-state index contributed by atoms with van der Waals surface area (Å²) in [7, 11) is 1.87. The van der Waals surface area contributed by atoms with Gasteiger partial charge in [0.1, 0.15) is 11.6 Å². The van der Waals surface area contributed by atoms with Gasteiger partial charge < -0.3 is 5.32 Å². The molecule has 0 fully saturated rings. The van der Waals surface area contributed by atoms with E-state index in [1.54, 1.807) is 0 Å². The number of nitrogens with one attached hydrogen (secondary N) is 1. The molecule has 2 rings (SSSR count). The number of hydrogen-bond acceptors (Lipinski definition) is 3. The Bertz CT molecular complexity index is 504. The van der Waals surface area contributed by atoms with Crippen molar-refractivity contribution in [2.75, 3.05) is 12.4 Å². The molecule has 0 aliphatic rings. The Morgan fingerprint density at radius 1 is 1.24 bits per heavy atom. The van der Waals surface area contributed by atoms with Crippen LogP contribution >= 0.6 is 15.9 Å². The van der Waals surface area contributed by atoms with Crippen molar-refractivity contribution in [2.45, 2.75) is 13.3 Å². The molecule has 3 nitrogen and oxygen atoms in total. The molecular formula is C13H14BrN3. The number of halogens is 1. The summed E-state index contributed by atoms with van der Waals surface area (Å²) in [5.41, 5.74) is 2.02. The van der Waals surface area contributed by atoms with E-state index in [-0.39, 0.29) is 0 Å². The SMILES string of the molecule is CCc1nc(NC)cc(-c2ccccc2Br)n1. The van der Waals surface area contributed by atoms with Crippen molar-refractivity contribution in [3.05, 3.63) is 40.6 Å². The topological polar surface area (TPSA) is 37.8 Å². The second-order valence-electron chi connectivity index (χ2n) is 3.64. The van der Waals surface area contributed by atoms with Gasteiger partial charge in [0.15, 0.2) is 0 Å². The van der Waals surface area contributed by atoms with Crippen molar-refractivity contribution in [1.29, 1.82) is 0 Å². The van der Waals surface area contributed by atoms with Gasteiger partial charge in [0, 0.05) is 29.6 Å². The first kappa shape index (κ1) is 12.0. The van der Waals surface area contributed by atoms with E-state index in [9.17, 15) is 0 Å². The normalized spacial score (nSPS) is 10.3. The predicted octanol–water partition coefficient (Wildman–Crippen LogP) is 3.51. The average Bonchev–Trinajstić information content (AvgIpc) is 2.38. The molecule has 0 atom stereocenters. The van der Waals surface area contributed by atoms with E-state index < -0.39 is 0 Å². The first-order chi connectivity index (χ1) is 8.24. The van der Waals surface area contributed by atoms with Crippen LogP contribution in [0.15, 0.2) is 34.8 Å². The lowest BCUT2D eigenvalue weighted by atomic mass is 10.1. The van der Waals surface area contributed by atoms with Gasteiger partial charge in [-0.1, -0.05) is 41.1 Å². The van der Waals surface area contributed by atoms with E-state index >= 15 is 0 Å². The van der Waals surface area contributed by atoms with E-state index in [0.717, 1.165) is 33.8 Å². The standard InChI is InChI=1S/C13H14BrN3/c1-3-12-16-11(8-13(15-2)17-12)9-6-4-5-7-10(9)14/h4-8H,3H2,1-2H3,(H,15,16,17). The lowest BCUT2D eigenvalue weighted by Gasteiger charge is -2.08. The van der Waals surface area contributed by atoms with Crippen LogP contribution in [0.3, 0.4) is 0 Å². The van der Waals surface area contributed by atoms with Crippen LogP contribution in [-0.2, 0) is 6.42 Å². The Balaban J connectivity index is 2.55. The molecule has 0 unspecified atom stereocenters. The van der Waals surface area contributed by atoms with Gasteiger partial charge in [-0.25, -0.2) is 9.97 Å². The van der Waals surface area contributed by atoms with Crippen LogP contribution in [0.25, 0.3) is 11.3 Å². The third kappa shape index (κ3) is 2.64. The number of benzene rings is 1. The summed E-state index contributed by atoms with van der Waals surface area (Å²) >= 11 is 3.55. The number of rotatable bonds is 3. The zero-order chi connectivity index (χ0) is 12.3. The minimum atomic E-state index is 0.826. The van der Waals surface area contributed by atoms with E-state index in [2.05, 4.69) is 38.1 Å². The molecule has 1 heterocycles. The van der Waals surface area contributed by atoms with E-state index in [0.29, 0.717) is 0 Å². The highest BCUT2D eigenvalue weighted by Gasteiger charge is 2.07. The number of anilines is 1. The van der Waals surface area contributed by atoms with Gasteiger partial charge >= 0.3 is 0 Å². The number of aryl methyl sites for hydroxylation is 1. The lowest BCUT2D eigenvalue weighted by Crippen LogP contribution is -2.00. The average molecular weight is 292 g/mol. The maximum atomic E-state index is 4.55. The Hall–Kier alpha value is -1.42. The van der Waals surface area contributed by atoms with Gasteiger partial charge in [-0.3, -0.25) is 0 Å². The fraction of sp³-hybridized carbons (Fsp3) is 0.231. The molecule has 0 radical (unpaired) electrons. The second kappa shape index (κ2) is 5.27. The molecule has 1 aromatic carbocycles. The minimum absolute atomic E-state index is 0.826. The molecule has 0 saturated carbocycles. The summed E-state index contributed by atoms with van der Waals surface area (Å²) in [5, 5.41) is 3.06. The second-order valence-corrected chi connectivity index (χ2v) is 4.49. The Labute approximate surface area is 109 Å². The van der Waals surface area contributed by atoms with Gasteiger partial charge in [-0.05, 0) is 6.07 Å². The van der Waals surface area contributed by atoms with Gasteiger partial charge in [0.25, 0.3) is 0 Å². The third-order valence-electron chi connectivity index (χ3n) is 2.49. The molecule has 17 heavy (non-hydrogen) atoms. The van der Waals surface area contributed by atoms with Crippen LogP contribution in [0.2, 0.25) is 0 Å². The molecule has 4 heteroatoms. The van der Waals surface area contributed by atoms with E-state index in [1.807, 2.05) is 37.4 Å². The molecule has 0 bridgehead atoms. The first-order valence-corrected chi connectivity index (χ1v) is 6.34. The van der Waals surface area contributed by atoms with Crippen molar-refractivity contribution in [3.8, 4) is 11.3 Å². The van der Waals surface area contributed by atoms with E-state index in [4.69, 9.17) is 0 Å². The molecule has 0 aliphatic carbocycles. The summed E-state index contributed by atoms with van der Waals surface area (Å²) in [5.74, 6) is 1.70. The smallest absolute Gasteiger partial charge is 0.131 e. The molecule has 88 valence electrons. The van der Waals surface area contributed by atoms with Crippen LogP contribution in [0.1, 0.15) is 12.7 Å². The predicted molar refractivity (Wildman–Crippen MR) is 74.1 cm³/mol. The van der Waals surface area contributed by atoms with Crippen molar-refractivity contribution in [2.24, 2.45) is 0 Å². The van der Waals surface area contributed by atoms with Crippen molar-refractivity contribution in [1.82, 2.24) is 9.97 Å². The summed E-state index contributed by atoms with van der Waals surface area (Å²) in [6.07, 6.45) is 0.826. The molecule has 2 aromatic rings. The van der Waals surface area contributed by atoms with Crippen LogP contribution < -0.4 is 5.32 Å². The maximum Gasteiger partial charge on any atom is 0.131 e. The number of nitrogens with zero attached hydrogens (tertiary/aromatic N) is 2. The Kier molecular flexibility index (Phi) is 3.74. The Morgan fingerprint density at radius 3 is 2.65 bits per heavy atom. The number of hydrogen-bond donors (Lipinski definition) is 1. The van der Waals surface area contributed by atoms with Crippen molar-refractivity contribution in [3.63, 3.8) is 0 Å². The van der Waals surface area contributed by atoms with E-state index in [1.165, 1.54) is 0 Å². The zero-order valence-electron chi connectivity index (χ0n) is 9.87. The van der Waals surface area contributed by atoms with Gasteiger partial charge in [-0.15, -0.1) is 0 Å². The monoisotopic (exact) mass is 291 g/mol. The quantitative estimate of drug-likeness (QED) is 0.940. The largest absolute Gasteiger partial charge is 0.373 e. The van der Waals surface area contributed by atoms with Gasteiger partial charge in [0.2, 0.25) is 0 Å². The van der Waals surface area contributed by atoms with Gasteiger partial charge in [-0.2, -0.15) is 0 Å². The molecule has 1 aromatic heterocycles. The molecular weight excluding hydrogens is 278 g/mol. The maximum absolute atomic E-state index is 4.55. The summed E-state index contributed by atoms with van der Waals surface area (Å²) in [6.45, 7) is 2.05. The summed E-state index contributed by atoms with van der Waals surface area (Å²) in [6, 6.07) is 10.0. The minimum Gasteiger partial charge on any atom is -0.373 e. The number of aromatic nitrogens is 2. The van der Waals surface area contributed by atoms with Crippen LogP contribution in [0.4, 0.5) is 5.82 Å². The first-order valence-electron chi connectivity index (χ1n) is 5.55. The molecule has 0 spiro atoms. The molecule has 0 saturated heterocycles. The highest BCUT2D eigenvalue weighted by Crippen LogP contribution is 2.27. The molecule has 0 amide bonds. The molecule has 0 aliphatic heterocycles. The highest BCUT2D eigenvalue weighted by molar-refractivity contribution is 9.10. The summed E-state index contributed by atoms with van der Waals surface area (Å²) < 4.78 is 1.04. The lowest BCUT2D eigenvalue weighted by molar-refractivity contribution is 0.944. The fourth-order valence-corrected chi connectivity index (χ4v) is 2.08.